The second kappa shape index (κ2) is 6.01. The molecule has 0 amide bonds. The van der Waals surface area contributed by atoms with Gasteiger partial charge in [-0.25, -0.2) is 0 Å². The van der Waals surface area contributed by atoms with Crippen LogP contribution in [0.15, 0.2) is 50.1 Å². The zero-order valence-corrected chi connectivity index (χ0v) is 14.0. The molecule has 3 heterocycles. The van der Waals surface area contributed by atoms with Gasteiger partial charge in [0.2, 0.25) is 5.82 Å². The summed E-state index contributed by atoms with van der Waals surface area (Å²) in [5, 5.41) is 20.3. The van der Waals surface area contributed by atoms with Crippen molar-refractivity contribution < 1.29 is 4.52 Å². The molecule has 4 aromatic rings. The summed E-state index contributed by atoms with van der Waals surface area (Å²) in [5.41, 5.74) is 1.81. The summed E-state index contributed by atoms with van der Waals surface area (Å²) < 4.78 is 6.24. The van der Waals surface area contributed by atoms with Gasteiger partial charge in [-0.05, 0) is 40.9 Å². The average molecular weight is 389 g/mol. The van der Waals surface area contributed by atoms with Crippen LogP contribution in [0.5, 0.6) is 0 Å². The Labute approximate surface area is 143 Å². The molecule has 0 aliphatic rings. The van der Waals surface area contributed by atoms with Crippen LogP contribution in [-0.4, -0.2) is 30.3 Å². The maximum absolute atomic E-state index is 5.24. The quantitative estimate of drug-likeness (QED) is 0.533. The molecule has 0 saturated heterocycles. The molecule has 7 nitrogen and oxygen atoms in total. The van der Waals surface area contributed by atoms with Crippen LogP contribution in [0.3, 0.4) is 0 Å². The molecule has 114 valence electrons. The normalized spacial score (nSPS) is 11.0. The summed E-state index contributed by atoms with van der Waals surface area (Å²) in [6.45, 7) is 0.303. The van der Waals surface area contributed by atoms with E-state index in [-0.39, 0.29) is 0 Å². The van der Waals surface area contributed by atoms with Gasteiger partial charge in [-0.2, -0.15) is 21.1 Å². The summed E-state index contributed by atoms with van der Waals surface area (Å²) >= 11 is 4.98. The molecule has 0 unspecified atom stereocenters. The van der Waals surface area contributed by atoms with Gasteiger partial charge in [-0.15, -0.1) is 10.2 Å². The van der Waals surface area contributed by atoms with Gasteiger partial charge in [0, 0.05) is 15.4 Å². The highest BCUT2D eigenvalue weighted by Crippen LogP contribution is 2.20. The van der Waals surface area contributed by atoms with Crippen molar-refractivity contribution in [3.63, 3.8) is 0 Å². The molecular weight excluding hydrogens is 380 g/mol. The molecule has 0 atom stereocenters. The molecule has 0 bridgehead atoms. The molecule has 1 aromatic carbocycles. The molecule has 0 spiro atoms. The molecule has 0 N–H and O–H groups in total. The Kier molecular flexibility index (Phi) is 3.72. The van der Waals surface area contributed by atoms with Crippen LogP contribution in [-0.2, 0) is 6.54 Å². The first-order valence-electron chi connectivity index (χ1n) is 6.67. The van der Waals surface area contributed by atoms with Crippen LogP contribution >= 0.6 is 27.3 Å². The van der Waals surface area contributed by atoms with Gasteiger partial charge in [0.1, 0.15) is 6.54 Å². The standard InChI is InChI=1S/C14H9BrN6OS/c15-11-3-1-9(2-4-11)13-17-20-21(18-13)7-12-16-14(22-19-12)10-5-6-23-8-10/h1-6,8H,7H2. The zero-order chi connectivity index (χ0) is 15.6. The van der Waals surface area contributed by atoms with E-state index in [0.717, 1.165) is 15.6 Å². The van der Waals surface area contributed by atoms with Gasteiger partial charge < -0.3 is 4.52 Å². The highest BCUT2D eigenvalue weighted by molar-refractivity contribution is 9.10. The summed E-state index contributed by atoms with van der Waals surface area (Å²) in [4.78, 5) is 5.78. The lowest BCUT2D eigenvalue weighted by molar-refractivity contribution is 0.415. The molecule has 0 radical (unpaired) electrons. The monoisotopic (exact) mass is 388 g/mol. The Balaban J connectivity index is 1.53. The number of rotatable bonds is 4. The van der Waals surface area contributed by atoms with Crippen molar-refractivity contribution in [2.45, 2.75) is 6.54 Å². The van der Waals surface area contributed by atoms with Crippen molar-refractivity contribution in [1.29, 1.82) is 0 Å². The number of halogens is 1. The van der Waals surface area contributed by atoms with E-state index < -0.39 is 0 Å². The van der Waals surface area contributed by atoms with Gasteiger partial charge in [-0.3, -0.25) is 0 Å². The first-order chi connectivity index (χ1) is 11.3. The van der Waals surface area contributed by atoms with E-state index in [1.54, 1.807) is 11.3 Å². The van der Waals surface area contributed by atoms with Crippen molar-refractivity contribution in [3.05, 3.63) is 51.4 Å². The third-order valence-electron chi connectivity index (χ3n) is 3.07. The average Bonchev–Trinajstić information content (AvgIpc) is 3.29. The fourth-order valence-corrected chi connectivity index (χ4v) is 2.87. The fraction of sp³-hybridized carbons (Fsp3) is 0.0714. The highest BCUT2D eigenvalue weighted by Gasteiger charge is 2.12. The molecule has 0 fully saturated rings. The fourth-order valence-electron chi connectivity index (χ4n) is 1.97. The van der Waals surface area contributed by atoms with E-state index in [9.17, 15) is 0 Å². The maximum Gasteiger partial charge on any atom is 0.258 e. The van der Waals surface area contributed by atoms with Gasteiger partial charge in [0.15, 0.2) is 5.82 Å². The first-order valence-corrected chi connectivity index (χ1v) is 8.40. The van der Waals surface area contributed by atoms with Crippen molar-refractivity contribution >= 4 is 27.3 Å². The van der Waals surface area contributed by atoms with Crippen LogP contribution < -0.4 is 0 Å². The Morgan fingerprint density at radius 2 is 2.00 bits per heavy atom. The van der Waals surface area contributed by atoms with E-state index in [1.807, 2.05) is 41.1 Å². The van der Waals surface area contributed by atoms with Crippen LogP contribution in [0.4, 0.5) is 0 Å². The predicted molar refractivity (Wildman–Crippen MR) is 87.7 cm³/mol. The third-order valence-corrected chi connectivity index (χ3v) is 4.29. The number of benzene rings is 1. The summed E-state index contributed by atoms with van der Waals surface area (Å²) in [5.74, 6) is 1.56. The Bertz CT molecular complexity index is 915. The van der Waals surface area contributed by atoms with E-state index >= 15 is 0 Å². The number of nitrogens with zero attached hydrogens (tertiary/aromatic N) is 6. The van der Waals surface area contributed by atoms with E-state index in [2.05, 4.69) is 41.5 Å². The van der Waals surface area contributed by atoms with Gasteiger partial charge >= 0.3 is 0 Å². The Hall–Kier alpha value is -2.39. The van der Waals surface area contributed by atoms with Crippen LogP contribution in [0, 0.1) is 0 Å². The highest BCUT2D eigenvalue weighted by atomic mass is 79.9. The van der Waals surface area contributed by atoms with Crippen LogP contribution in [0.2, 0.25) is 0 Å². The lowest BCUT2D eigenvalue weighted by Crippen LogP contribution is -2.05. The second-order valence-electron chi connectivity index (χ2n) is 4.68. The Morgan fingerprint density at radius 1 is 1.13 bits per heavy atom. The number of hydrogen-bond acceptors (Lipinski definition) is 7. The number of aromatic nitrogens is 6. The first kappa shape index (κ1) is 14.2. The van der Waals surface area contributed by atoms with Crippen molar-refractivity contribution in [1.82, 2.24) is 30.3 Å². The smallest absolute Gasteiger partial charge is 0.258 e. The lowest BCUT2D eigenvalue weighted by Gasteiger charge is -1.94. The topological polar surface area (TPSA) is 82.5 Å². The molecule has 3 aromatic heterocycles. The van der Waals surface area contributed by atoms with E-state index in [4.69, 9.17) is 4.52 Å². The molecule has 4 rings (SSSR count). The number of thiophene rings is 1. The van der Waals surface area contributed by atoms with Crippen molar-refractivity contribution in [2.75, 3.05) is 0 Å². The minimum absolute atomic E-state index is 0.303. The second-order valence-corrected chi connectivity index (χ2v) is 6.37. The molecule has 23 heavy (non-hydrogen) atoms. The lowest BCUT2D eigenvalue weighted by atomic mass is 10.2. The SMILES string of the molecule is Brc1ccc(-c2nnn(Cc3noc(-c4ccsc4)n3)n2)cc1. The molecule has 0 saturated carbocycles. The summed E-state index contributed by atoms with van der Waals surface area (Å²) in [6.07, 6.45) is 0. The van der Waals surface area contributed by atoms with E-state index in [1.165, 1.54) is 4.80 Å². The third kappa shape index (κ3) is 3.06. The van der Waals surface area contributed by atoms with Gasteiger partial charge in [-0.1, -0.05) is 21.1 Å². The number of tetrazole rings is 1. The van der Waals surface area contributed by atoms with Crippen molar-refractivity contribution in [2.24, 2.45) is 0 Å². The molecule has 0 aliphatic heterocycles. The summed E-state index contributed by atoms with van der Waals surface area (Å²) in [7, 11) is 0. The van der Waals surface area contributed by atoms with Gasteiger partial charge in [0.25, 0.3) is 5.89 Å². The van der Waals surface area contributed by atoms with Crippen molar-refractivity contribution in [3.8, 4) is 22.8 Å². The van der Waals surface area contributed by atoms with Crippen LogP contribution in [0.1, 0.15) is 5.82 Å². The maximum atomic E-state index is 5.24. The minimum Gasteiger partial charge on any atom is -0.334 e. The number of hydrogen-bond donors (Lipinski definition) is 0. The molecule has 9 heteroatoms. The van der Waals surface area contributed by atoms with Gasteiger partial charge in [0.05, 0.1) is 5.56 Å². The minimum atomic E-state index is 0.303. The Morgan fingerprint density at radius 3 is 2.78 bits per heavy atom. The van der Waals surface area contributed by atoms with E-state index in [0.29, 0.717) is 24.1 Å². The van der Waals surface area contributed by atoms with Crippen LogP contribution in [0.25, 0.3) is 22.8 Å². The molecular formula is C14H9BrN6OS. The summed E-state index contributed by atoms with van der Waals surface area (Å²) in [6, 6.07) is 9.65. The molecule has 0 aliphatic carbocycles. The predicted octanol–water partition coefficient (Wildman–Crippen LogP) is 3.26. The zero-order valence-electron chi connectivity index (χ0n) is 11.6. The largest absolute Gasteiger partial charge is 0.334 e.